The van der Waals surface area contributed by atoms with E-state index < -0.39 is 5.60 Å². The number of carbonyl (C=O) groups is 1. The Kier molecular flexibility index (Phi) is 2.99. The minimum absolute atomic E-state index is 0.359. The lowest BCUT2D eigenvalue weighted by molar-refractivity contribution is -0.148. The molecule has 0 radical (unpaired) electrons. The highest BCUT2D eigenvalue weighted by atomic mass is 16.6. The third-order valence-electron chi connectivity index (χ3n) is 2.18. The molecule has 1 aliphatic heterocycles. The van der Waals surface area contributed by atoms with Crippen LogP contribution in [0.1, 0.15) is 27.2 Å². The molecule has 0 saturated heterocycles. The lowest BCUT2D eigenvalue weighted by Crippen LogP contribution is -2.30. The third kappa shape index (κ3) is 2.37. The monoisotopic (exact) mass is 196 g/mol. The van der Waals surface area contributed by atoms with Gasteiger partial charge in [0, 0.05) is 17.6 Å². The summed E-state index contributed by atoms with van der Waals surface area (Å²) in [6.45, 7) is 9.56. The number of carbonyl (C=O) groups excluding carboxylic acids is 1. The Hall–Kier alpha value is -1.25. The van der Waals surface area contributed by atoms with E-state index in [1.165, 1.54) is 0 Å². The molecule has 0 fully saturated rings. The van der Waals surface area contributed by atoms with E-state index in [9.17, 15) is 4.79 Å². The smallest absolute Gasteiger partial charge is 0.333 e. The van der Waals surface area contributed by atoms with E-state index in [4.69, 9.17) is 9.47 Å². The van der Waals surface area contributed by atoms with Gasteiger partial charge in [0.2, 0.25) is 0 Å². The summed E-state index contributed by atoms with van der Waals surface area (Å²) in [4.78, 5) is 11.3. The topological polar surface area (TPSA) is 35.5 Å². The van der Waals surface area contributed by atoms with Gasteiger partial charge in [-0.25, -0.2) is 4.79 Å². The second kappa shape index (κ2) is 3.86. The molecular formula is C11H16O3. The molecule has 0 amide bonds. The molecule has 0 saturated carbocycles. The molecule has 0 bridgehead atoms. The first-order valence-electron chi connectivity index (χ1n) is 4.63. The Morgan fingerprint density at radius 3 is 2.71 bits per heavy atom. The largest absolute Gasteiger partial charge is 0.501 e. The first-order valence-corrected chi connectivity index (χ1v) is 4.63. The highest BCUT2D eigenvalue weighted by molar-refractivity contribution is 5.87. The van der Waals surface area contributed by atoms with Crippen LogP contribution in [-0.2, 0) is 14.3 Å². The summed E-state index contributed by atoms with van der Waals surface area (Å²) in [5.41, 5.74) is 0.830. The molecule has 0 spiro atoms. The number of hydrogen-bond acceptors (Lipinski definition) is 3. The Bertz CT molecular complexity index is 287. The van der Waals surface area contributed by atoms with E-state index in [1.807, 2.05) is 13.8 Å². The molecule has 0 unspecified atom stereocenters. The van der Waals surface area contributed by atoms with E-state index >= 15 is 0 Å². The van der Waals surface area contributed by atoms with Gasteiger partial charge in [-0.2, -0.15) is 0 Å². The average Bonchev–Trinajstić information content (AvgIpc) is 2.54. The van der Waals surface area contributed by atoms with Gasteiger partial charge >= 0.3 is 5.97 Å². The Morgan fingerprint density at radius 2 is 2.29 bits per heavy atom. The van der Waals surface area contributed by atoms with Gasteiger partial charge in [0.1, 0.15) is 5.60 Å². The molecular weight excluding hydrogens is 180 g/mol. The standard InChI is InChI=1S/C11H16O3/c1-8(2)10(12)14-11(3,4)9-5-6-13-7-9/h7H,1,5-6H2,2-4H3. The van der Waals surface area contributed by atoms with Crippen molar-refractivity contribution >= 4 is 5.97 Å². The Labute approximate surface area is 84.4 Å². The van der Waals surface area contributed by atoms with E-state index in [0.29, 0.717) is 12.2 Å². The molecule has 3 nitrogen and oxygen atoms in total. The molecule has 0 aromatic heterocycles. The lowest BCUT2D eigenvalue weighted by Gasteiger charge is -2.25. The second-order valence-corrected chi connectivity index (χ2v) is 3.94. The van der Waals surface area contributed by atoms with Gasteiger partial charge in [-0.05, 0) is 20.8 Å². The van der Waals surface area contributed by atoms with Crippen molar-refractivity contribution in [3.05, 3.63) is 24.0 Å². The molecule has 0 aliphatic carbocycles. The van der Waals surface area contributed by atoms with Gasteiger partial charge in [0.25, 0.3) is 0 Å². The SMILES string of the molecule is C=C(C)C(=O)OC(C)(C)C1=COCC1. The van der Waals surface area contributed by atoms with E-state index in [-0.39, 0.29) is 5.97 Å². The van der Waals surface area contributed by atoms with Crippen LogP contribution >= 0.6 is 0 Å². The quantitative estimate of drug-likeness (QED) is 0.512. The van der Waals surface area contributed by atoms with Gasteiger partial charge in [-0.15, -0.1) is 0 Å². The van der Waals surface area contributed by atoms with Crippen LogP contribution in [0.2, 0.25) is 0 Å². The van der Waals surface area contributed by atoms with Crippen molar-refractivity contribution in [2.24, 2.45) is 0 Å². The number of rotatable bonds is 3. The van der Waals surface area contributed by atoms with Gasteiger partial charge in [-0.3, -0.25) is 0 Å². The minimum Gasteiger partial charge on any atom is -0.501 e. The summed E-state index contributed by atoms with van der Waals surface area (Å²) < 4.78 is 10.4. The van der Waals surface area contributed by atoms with Crippen molar-refractivity contribution in [3.8, 4) is 0 Å². The van der Waals surface area contributed by atoms with Gasteiger partial charge in [-0.1, -0.05) is 6.58 Å². The molecule has 1 rings (SSSR count). The van der Waals surface area contributed by atoms with E-state index in [0.717, 1.165) is 12.0 Å². The van der Waals surface area contributed by atoms with Gasteiger partial charge in [0.05, 0.1) is 12.9 Å². The van der Waals surface area contributed by atoms with E-state index in [1.54, 1.807) is 13.2 Å². The predicted molar refractivity (Wildman–Crippen MR) is 53.6 cm³/mol. The van der Waals surface area contributed by atoms with Crippen LogP contribution in [0.5, 0.6) is 0 Å². The van der Waals surface area contributed by atoms with Crippen molar-refractivity contribution < 1.29 is 14.3 Å². The Balaban J connectivity index is 2.66. The summed E-state index contributed by atoms with van der Waals surface area (Å²) in [5, 5.41) is 0. The van der Waals surface area contributed by atoms with Crippen LogP contribution in [-0.4, -0.2) is 18.2 Å². The first-order chi connectivity index (χ1) is 6.43. The van der Waals surface area contributed by atoms with Crippen LogP contribution < -0.4 is 0 Å². The molecule has 3 heteroatoms. The molecule has 0 N–H and O–H groups in total. The van der Waals surface area contributed by atoms with Gasteiger partial charge < -0.3 is 9.47 Å². The maximum absolute atomic E-state index is 11.3. The van der Waals surface area contributed by atoms with Crippen molar-refractivity contribution in [1.29, 1.82) is 0 Å². The van der Waals surface area contributed by atoms with Crippen LogP contribution in [0, 0.1) is 0 Å². The molecule has 0 atom stereocenters. The lowest BCUT2D eigenvalue weighted by atomic mass is 9.97. The highest BCUT2D eigenvalue weighted by Crippen LogP contribution is 2.27. The number of hydrogen-bond donors (Lipinski definition) is 0. The summed E-state index contributed by atoms with van der Waals surface area (Å²) in [6, 6.07) is 0. The zero-order chi connectivity index (χ0) is 10.8. The van der Waals surface area contributed by atoms with Crippen molar-refractivity contribution in [2.45, 2.75) is 32.8 Å². The van der Waals surface area contributed by atoms with Crippen molar-refractivity contribution in [2.75, 3.05) is 6.61 Å². The maximum atomic E-state index is 11.3. The molecule has 78 valence electrons. The summed E-state index contributed by atoms with van der Waals surface area (Å²) >= 11 is 0. The van der Waals surface area contributed by atoms with E-state index in [2.05, 4.69) is 6.58 Å². The third-order valence-corrected chi connectivity index (χ3v) is 2.18. The van der Waals surface area contributed by atoms with Crippen LogP contribution in [0.3, 0.4) is 0 Å². The molecule has 0 aromatic carbocycles. The second-order valence-electron chi connectivity index (χ2n) is 3.94. The van der Waals surface area contributed by atoms with Crippen molar-refractivity contribution in [3.63, 3.8) is 0 Å². The average molecular weight is 196 g/mol. The van der Waals surface area contributed by atoms with Gasteiger partial charge in [0.15, 0.2) is 0 Å². The molecule has 1 heterocycles. The highest BCUT2D eigenvalue weighted by Gasteiger charge is 2.30. The minimum atomic E-state index is -0.591. The van der Waals surface area contributed by atoms with Crippen LogP contribution in [0.25, 0.3) is 0 Å². The predicted octanol–water partition coefficient (Wildman–Crippen LogP) is 2.19. The number of esters is 1. The zero-order valence-corrected chi connectivity index (χ0v) is 8.92. The molecule has 1 aliphatic rings. The normalized spacial score (nSPS) is 15.8. The summed E-state index contributed by atoms with van der Waals surface area (Å²) in [5.74, 6) is -0.359. The fourth-order valence-electron chi connectivity index (χ4n) is 1.21. The Morgan fingerprint density at radius 1 is 1.64 bits per heavy atom. The molecule has 0 aromatic rings. The molecule has 14 heavy (non-hydrogen) atoms. The zero-order valence-electron chi connectivity index (χ0n) is 8.92. The van der Waals surface area contributed by atoms with Crippen molar-refractivity contribution in [1.82, 2.24) is 0 Å². The summed E-state index contributed by atoms with van der Waals surface area (Å²) in [6.07, 6.45) is 2.49. The first kappa shape index (κ1) is 10.8. The fraction of sp³-hybridized carbons (Fsp3) is 0.545. The summed E-state index contributed by atoms with van der Waals surface area (Å²) in [7, 11) is 0. The number of ether oxygens (including phenoxy) is 2. The maximum Gasteiger partial charge on any atom is 0.333 e. The fourth-order valence-corrected chi connectivity index (χ4v) is 1.21. The van der Waals surface area contributed by atoms with Crippen LogP contribution in [0.15, 0.2) is 24.0 Å². The van der Waals surface area contributed by atoms with Crippen LogP contribution in [0.4, 0.5) is 0 Å².